The first-order chi connectivity index (χ1) is 13.6. The van der Waals surface area contributed by atoms with Crippen LogP contribution in [0.25, 0.3) is 0 Å². The molecular formula is C23H38N4O. The molecule has 1 saturated carbocycles. The Labute approximate surface area is 170 Å². The Kier molecular flexibility index (Phi) is 8.01. The van der Waals surface area contributed by atoms with Crippen LogP contribution in [0, 0.1) is 12.8 Å². The van der Waals surface area contributed by atoms with Gasteiger partial charge in [-0.3, -0.25) is 0 Å². The van der Waals surface area contributed by atoms with Crippen molar-refractivity contribution in [2.24, 2.45) is 10.9 Å². The molecule has 28 heavy (non-hydrogen) atoms. The number of aliphatic imine (C=N–C) groups is 1. The number of guanidine groups is 1. The molecular weight excluding hydrogens is 348 g/mol. The summed E-state index contributed by atoms with van der Waals surface area (Å²) in [4.78, 5) is 7.28. The lowest BCUT2D eigenvalue weighted by Crippen LogP contribution is -2.43. The number of piperidine rings is 1. The van der Waals surface area contributed by atoms with E-state index in [1.165, 1.54) is 62.7 Å². The molecule has 1 unspecified atom stereocenters. The Balaban J connectivity index is 1.61. The Morgan fingerprint density at radius 2 is 2.00 bits per heavy atom. The third kappa shape index (κ3) is 6.40. The van der Waals surface area contributed by atoms with Crippen LogP contribution >= 0.6 is 0 Å². The van der Waals surface area contributed by atoms with Crippen LogP contribution in [-0.2, 0) is 6.54 Å². The van der Waals surface area contributed by atoms with Crippen molar-refractivity contribution >= 4 is 5.96 Å². The molecule has 1 saturated heterocycles. The minimum absolute atomic E-state index is 0.374. The Hall–Kier alpha value is -1.75. The normalized spacial score (nSPS) is 21.7. The molecule has 1 aliphatic carbocycles. The number of hydrogen-bond donors (Lipinski definition) is 2. The first-order valence-corrected chi connectivity index (χ1v) is 11.1. The van der Waals surface area contributed by atoms with Gasteiger partial charge in [0.15, 0.2) is 5.96 Å². The highest BCUT2D eigenvalue weighted by Gasteiger charge is 2.19. The molecule has 1 aromatic carbocycles. The SMILES string of the molecule is CCNC(=NCc1ccc(C)cc1OC1CCCC1)NCC1CCCN(C)C1. The van der Waals surface area contributed by atoms with Crippen molar-refractivity contribution in [2.75, 3.05) is 33.2 Å². The largest absolute Gasteiger partial charge is 0.490 e. The smallest absolute Gasteiger partial charge is 0.191 e. The van der Waals surface area contributed by atoms with Crippen LogP contribution in [0.2, 0.25) is 0 Å². The molecule has 1 aromatic rings. The zero-order valence-electron chi connectivity index (χ0n) is 18.0. The Morgan fingerprint density at radius 1 is 1.18 bits per heavy atom. The van der Waals surface area contributed by atoms with Crippen molar-refractivity contribution in [2.45, 2.75) is 65.0 Å². The first kappa shape index (κ1) is 21.0. The summed E-state index contributed by atoms with van der Waals surface area (Å²) in [6, 6.07) is 6.49. The van der Waals surface area contributed by atoms with E-state index in [2.05, 4.69) is 54.6 Å². The number of aryl methyl sites for hydroxylation is 1. The van der Waals surface area contributed by atoms with E-state index in [0.717, 1.165) is 24.8 Å². The average Bonchev–Trinajstić information content (AvgIpc) is 3.18. The molecule has 0 radical (unpaired) electrons. The van der Waals surface area contributed by atoms with E-state index in [1.807, 2.05) is 0 Å². The van der Waals surface area contributed by atoms with Crippen LogP contribution in [0.15, 0.2) is 23.2 Å². The summed E-state index contributed by atoms with van der Waals surface area (Å²) >= 11 is 0. The zero-order chi connectivity index (χ0) is 19.8. The highest BCUT2D eigenvalue weighted by molar-refractivity contribution is 5.79. The quantitative estimate of drug-likeness (QED) is 0.554. The van der Waals surface area contributed by atoms with Crippen molar-refractivity contribution in [1.82, 2.24) is 15.5 Å². The Morgan fingerprint density at radius 3 is 2.75 bits per heavy atom. The van der Waals surface area contributed by atoms with Crippen molar-refractivity contribution in [3.8, 4) is 5.75 Å². The first-order valence-electron chi connectivity index (χ1n) is 11.1. The maximum atomic E-state index is 6.33. The average molecular weight is 387 g/mol. The van der Waals surface area contributed by atoms with Gasteiger partial charge in [-0.25, -0.2) is 4.99 Å². The summed E-state index contributed by atoms with van der Waals surface area (Å²) in [5.74, 6) is 2.62. The lowest BCUT2D eigenvalue weighted by molar-refractivity contribution is 0.208. The summed E-state index contributed by atoms with van der Waals surface area (Å²) in [6.45, 7) is 9.13. The monoisotopic (exact) mass is 386 g/mol. The second-order valence-electron chi connectivity index (χ2n) is 8.48. The maximum Gasteiger partial charge on any atom is 0.191 e. The molecule has 156 valence electrons. The molecule has 5 heteroatoms. The van der Waals surface area contributed by atoms with Gasteiger partial charge in [0.1, 0.15) is 5.75 Å². The highest BCUT2D eigenvalue weighted by atomic mass is 16.5. The molecule has 0 amide bonds. The second-order valence-corrected chi connectivity index (χ2v) is 8.48. The molecule has 2 aliphatic rings. The number of nitrogens with one attached hydrogen (secondary N) is 2. The molecule has 0 bridgehead atoms. The summed E-state index contributed by atoms with van der Waals surface area (Å²) < 4.78 is 6.33. The minimum Gasteiger partial charge on any atom is -0.490 e. The molecule has 1 atom stereocenters. The lowest BCUT2D eigenvalue weighted by Gasteiger charge is -2.30. The predicted octanol–water partition coefficient (Wildman–Crippen LogP) is 3.71. The molecule has 2 N–H and O–H groups in total. The van der Waals surface area contributed by atoms with E-state index in [1.54, 1.807) is 0 Å². The van der Waals surface area contributed by atoms with E-state index < -0.39 is 0 Å². The van der Waals surface area contributed by atoms with Crippen molar-refractivity contribution in [3.05, 3.63) is 29.3 Å². The standard InChI is InChI=1S/C23H38N4O/c1-4-24-23(25-15-19-8-7-13-27(3)17-19)26-16-20-12-11-18(2)14-22(20)28-21-9-5-6-10-21/h11-12,14,19,21H,4-10,13,15-17H2,1-3H3,(H2,24,25,26). The van der Waals surface area contributed by atoms with Gasteiger partial charge in [0.2, 0.25) is 0 Å². The van der Waals surface area contributed by atoms with Crippen LogP contribution in [0.3, 0.4) is 0 Å². The van der Waals surface area contributed by atoms with Gasteiger partial charge in [-0.2, -0.15) is 0 Å². The minimum atomic E-state index is 0.374. The molecule has 5 nitrogen and oxygen atoms in total. The van der Waals surface area contributed by atoms with Crippen molar-refractivity contribution in [3.63, 3.8) is 0 Å². The molecule has 1 heterocycles. The van der Waals surface area contributed by atoms with E-state index in [-0.39, 0.29) is 0 Å². The third-order valence-electron chi connectivity index (χ3n) is 5.85. The van der Waals surface area contributed by atoms with E-state index in [9.17, 15) is 0 Å². The van der Waals surface area contributed by atoms with Gasteiger partial charge < -0.3 is 20.3 Å². The van der Waals surface area contributed by atoms with Crippen LogP contribution in [-0.4, -0.2) is 50.2 Å². The summed E-state index contributed by atoms with van der Waals surface area (Å²) in [5.41, 5.74) is 2.42. The van der Waals surface area contributed by atoms with Crippen LogP contribution in [0.4, 0.5) is 0 Å². The van der Waals surface area contributed by atoms with E-state index in [0.29, 0.717) is 18.6 Å². The van der Waals surface area contributed by atoms with Crippen LogP contribution in [0.5, 0.6) is 5.75 Å². The summed E-state index contributed by atoms with van der Waals surface area (Å²) in [7, 11) is 2.22. The van der Waals surface area contributed by atoms with Crippen molar-refractivity contribution < 1.29 is 4.74 Å². The fourth-order valence-electron chi connectivity index (χ4n) is 4.27. The number of rotatable bonds is 7. The molecule has 3 rings (SSSR count). The van der Waals surface area contributed by atoms with Gasteiger partial charge in [0.25, 0.3) is 0 Å². The molecule has 0 aromatic heterocycles. The van der Waals surface area contributed by atoms with Gasteiger partial charge in [0.05, 0.1) is 12.6 Å². The topological polar surface area (TPSA) is 48.9 Å². The third-order valence-corrected chi connectivity index (χ3v) is 5.85. The number of likely N-dealkylation sites (tertiary alicyclic amines) is 1. The molecule has 0 spiro atoms. The summed E-state index contributed by atoms with van der Waals surface area (Å²) in [6.07, 6.45) is 7.89. The van der Waals surface area contributed by atoms with Gasteiger partial charge in [-0.15, -0.1) is 0 Å². The van der Waals surface area contributed by atoms with Crippen LogP contribution < -0.4 is 15.4 Å². The number of ether oxygens (including phenoxy) is 1. The highest BCUT2D eigenvalue weighted by Crippen LogP contribution is 2.28. The maximum absolute atomic E-state index is 6.33. The second kappa shape index (κ2) is 10.7. The number of nitrogens with zero attached hydrogens (tertiary/aromatic N) is 2. The van der Waals surface area contributed by atoms with Gasteiger partial charge in [-0.05, 0) is 83.5 Å². The molecule has 2 fully saturated rings. The van der Waals surface area contributed by atoms with Crippen LogP contribution in [0.1, 0.15) is 56.6 Å². The fraction of sp³-hybridized carbons (Fsp3) is 0.696. The predicted molar refractivity (Wildman–Crippen MR) is 117 cm³/mol. The number of benzene rings is 1. The van der Waals surface area contributed by atoms with Gasteiger partial charge in [0, 0.05) is 25.2 Å². The zero-order valence-corrected chi connectivity index (χ0v) is 18.0. The van der Waals surface area contributed by atoms with Gasteiger partial charge in [-0.1, -0.05) is 12.1 Å². The lowest BCUT2D eigenvalue weighted by atomic mass is 9.99. The van der Waals surface area contributed by atoms with Gasteiger partial charge >= 0.3 is 0 Å². The van der Waals surface area contributed by atoms with Crippen molar-refractivity contribution in [1.29, 1.82) is 0 Å². The van der Waals surface area contributed by atoms with E-state index >= 15 is 0 Å². The fourth-order valence-corrected chi connectivity index (χ4v) is 4.27. The number of hydrogen-bond acceptors (Lipinski definition) is 3. The van der Waals surface area contributed by atoms with E-state index in [4.69, 9.17) is 9.73 Å². The molecule has 1 aliphatic heterocycles. The summed E-state index contributed by atoms with van der Waals surface area (Å²) in [5, 5.41) is 6.95. The Bertz CT molecular complexity index is 639.